The summed E-state index contributed by atoms with van der Waals surface area (Å²) in [6, 6.07) is 95.5. The van der Waals surface area contributed by atoms with Crippen molar-refractivity contribution in [3.8, 4) is 39.1 Å². The molecule has 79 heavy (non-hydrogen) atoms. The van der Waals surface area contributed by atoms with Gasteiger partial charge in [-0.1, -0.05) is 247 Å². The number of hydrogen-bond acceptors (Lipinski definition) is 2. The number of anilines is 3. The van der Waals surface area contributed by atoms with Crippen LogP contribution in [0.15, 0.2) is 259 Å². The first-order valence-corrected chi connectivity index (χ1v) is 30.8. The average molecular weight is 1050 g/mol. The molecule has 0 amide bonds. The van der Waals surface area contributed by atoms with Gasteiger partial charge in [-0.25, -0.2) is 0 Å². The number of para-hydroxylation sites is 2. The molecule has 0 saturated heterocycles. The lowest BCUT2D eigenvalue weighted by atomic mass is 9.34. The molecule has 11 aromatic carbocycles. The molecule has 0 unspecified atom stereocenters. The van der Waals surface area contributed by atoms with Crippen molar-refractivity contribution in [2.45, 2.75) is 62.2 Å². The molecular formula is C74H59BN2SSi. The standard InChI is InChI=1S/C74H59BN2SSi/c1-73(2,3)50-38-40-63(58(44-50)48-24-11-7-12-25-48)77-65-46-59-56-32-20-22-37-69(56)79(53-28-15-9-16-29-53,54-30-17-10-18-31-54)70(59)47-60(65)75-61-45-51(74(4,5)6)39-41-67(61)78-68-43-49(42-66(77)72(68)75)55-34-23-36-64-71(55)57-33-19-21-35-62(57)76(64)52-26-13-8-14-27-52/h7-47H,1-6H3. The van der Waals surface area contributed by atoms with Crippen molar-refractivity contribution >= 4 is 103 Å². The molecule has 3 aliphatic heterocycles. The summed E-state index contributed by atoms with van der Waals surface area (Å²) in [4.78, 5) is 5.33. The molecule has 0 saturated carbocycles. The second kappa shape index (κ2) is 17.8. The Morgan fingerprint density at radius 3 is 1.72 bits per heavy atom. The summed E-state index contributed by atoms with van der Waals surface area (Å²) in [6.07, 6.45) is 0. The van der Waals surface area contributed by atoms with Gasteiger partial charge in [-0.15, -0.1) is 0 Å². The van der Waals surface area contributed by atoms with Gasteiger partial charge in [0.2, 0.25) is 6.71 Å². The number of fused-ring (bicyclic) bond motifs is 10. The Kier molecular flexibility index (Phi) is 10.8. The highest BCUT2D eigenvalue weighted by molar-refractivity contribution is 8.00. The van der Waals surface area contributed by atoms with Gasteiger partial charge < -0.3 is 9.47 Å². The summed E-state index contributed by atoms with van der Waals surface area (Å²) < 4.78 is 2.45. The fourth-order valence-electron chi connectivity index (χ4n) is 13.7. The monoisotopic (exact) mass is 1050 g/mol. The highest BCUT2D eigenvalue weighted by atomic mass is 32.2. The van der Waals surface area contributed by atoms with Crippen LogP contribution in [0.1, 0.15) is 52.7 Å². The minimum Gasteiger partial charge on any atom is -0.311 e. The van der Waals surface area contributed by atoms with Crippen LogP contribution < -0.4 is 42.0 Å². The maximum Gasteiger partial charge on any atom is 0.249 e. The first-order valence-electron chi connectivity index (χ1n) is 27.9. The van der Waals surface area contributed by atoms with Crippen molar-refractivity contribution in [3.63, 3.8) is 0 Å². The molecular weight excluding hydrogens is 988 g/mol. The van der Waals surface area contributed by atoms with Gasteiger partial charge in [-0.2, -0.15) is 0 Å². The molecule has 1 aromatic heterocycles. The van der Waals surface area contributed by atoms with Crippen molar-refractivity contribution in [3.05, 3.63) is 260 Å². The van der Waals surface area contributed by atoms with E-state index in [4.69, 9.17) is 0 Å². The molecule has 2 nitrogen and oxygen atoms in total. The molecule has 0 aliphatic carbocycles. The zero-order valence-electron chi connectivity index (χ0n) is 45.6. The highest BCUT2D eigenvalue weighted by Gasteiger charge is 2.51. The molecule has 0 radical (unpaired) electrons. The molecule has 3 aliphatic rings. The maximum atomic E-state index is 2.73. The Morgan fingerprint density at radius 1 is 0.392 bits per heavy atom. The second-order valence-electron chi connectivity index (χ2n) is 24.0. The number of nitrogens with zero attached hydrogens (tertiary/aromatic N) is 2. The van der Waals surface area contributed by atoms with Gasteiger partial charge in [0.05, 0.1) is 16.7 Å². The summed E-state index contributed by atoms with van der Waals surface area (Å²) in [5.41, 5.74) is 21.4. The van der Waals surface area contributed by atoms with E-state index in [1.54, 1.807) is 0 Å². The van der Waals surface area contributed by atoms with Crippen LogP contribution >= 0.6 is 11.8 Å². The fourth-order valence-corrected chi connectivity index (χ4v) is 20.1. The van der Waals surface area contributed by atoms with E-state index in [0.717, 1.165) is 5.69 Å². The number of aromatic nitrogens is 1. The van der Waals surface area contributed by atoms with Gasteiger partial charge in [-0.05, 0) is 142 Å². The van der Waals surface area contributed by atoms with Crippen LogP contribution in [-0.4, -0.2) is 19.4 Å². The van der Waals surface area contributed by atoms with E-state index in [0.29, 0.717) is 0 Å². The van der Waals surface area contributed by atoms with Gasteiger partial charge in [-0.3, -0.25) is 0 Å². The van der Waals surface area contributed by atoms with Gasteiger partial charge >= 0.3 is 0 Å². The van der Waals surface area contributed by atoms with E-state index < -0.39 is 8.07 Å². The lowest BCUT2D eigenvalue weighted by molar-refractivity contribution is 0.590. The normalized spacial score (nSPS) is 13.9. The smallest absolute Gasteiger partial charge is 0.249 e. The van der Waals surface area contributed by atoms with Crippen LogP contribution in [0.2, 0.25) is 0 Å². The van der Waals surface area contributed by atoms with Crippen molar-refractivity contribution in [2.75, 3.05) is 4.90 Å². The van der Waals surface area contributed by atoms with E-state index in [1.165, 1.54) is 130 Å². The summed E-state index contributed by atoms with van der Waals surface area (Å²) >= 11 is 1.95. The van der Waals surface area contributed by atoms with Gasteiger partial charge in [0.1, 0.15) is 0 Å². The summed E-state index contributed by atoms with van der Waals surface area (Å²) in [5.74, 6) is 0. The van der Waals surface area contributed by atoms with Crippen molar-refractivity contribution in [1.29, 1.82) is 0 Å². The maximum absolute atomic E-state index is 2.89. The van der Waals surface area contributed by atoms with Gasteiger partial charge in [0.15, 0.2) is 8.07 Å². The lowest BCUT2D eigenvalue weighted by Gasteiger charge is -2.42. The van der Waals surface area contributed by atoms with Crippen molar-refractivity contribution < 1.29 is 0 Å². The Balaban J connectivity index is 1.09. The van der Waals surface area contributed by atoms with E-state index in [2.05, 4.69) is 300 Å². The van der Waals surface area contributed by atoms with Crippen LogP contribution in [0.3, 0.4) is 0 Å². The predicted molar refractivity (Wildman–Crippen MR) is 342 cm³/mol. The van der Waals surface area contributed by atoms with E-state index in [-0.39, 0.29) is 17.5 Å². The largest absolute Gasteiger partial charge is 0.311 e. The van der Waals surface area contributed by atoms with E-state index in [1.807, 2.05) is 11.8 Å². The van der Waals surface area contributed by atoms with E-state index in [9.17, 15) is 0 Å². The summed E-state index contributed by atoms with van der Waals surface area (Å²) in [5, 5.41) is 8.25. The van der Waals surface area contributed by atoms with Crippen LogP contribution in [0, 0.1) is 0 Å². The minimum absolute atomic E-state index is 0.0408. The number of rotatable bonds is 6. The quantitative estimate of drug-likeness (QED) is 0.153. The average Bonchev–Trinajstić information content (AvgIpc) is 2.98. The summed E-state index contributed by atoms with van der Waals surface area (Å²) in [6.45, 7) is 14.0. The van der Waals surface area contributed by atoms with Crippen molar-refractivity contribution in [2.24, 2.45) is 0 Å². The van der Waals surface area contributed by atoms with Crippen LogP contribution in [0.25, 0.3) is 60.9 Å². The molecule has 378 valence electrons. The fraction of sp³-hybridized carbons (Fsp3) is 0.108. The third-order valence-corrected chi connectivity index (χ3v) is 23.4. The first kappa shape index (κ1) is 47.8. The molecule has 0 spiro atoms. The molecule has 0 N–H and O–H groups in total. The van der Waals surface area contributed by atoms with Gasteiger partial charge in [0.25, 0.3) is 0 Å². The lowest BCUT2D eigenvalue weighted by Crippen LogP contribution is -2.73. The Bertz CT molecular complexity index is 4380. The molecule has 15 rings (SSSR count). The first-order chi connectivity index (χ1) is 38.5. The minimum atomic E-state index is -2.89. The number of hydrogen-bond donors (Lipinski definition) is 0. The SMILES string of the molecule is CC(C)(C)c1ccc2c(c1)B1c3cc4c(cc3N(c3ccc(C(C)(C)C)cc3-c3ccccc3)c3cc(-c5cccc6c5c5ccccc5n6-c5ccccc5)cc(c31)S2)-c1ccccc1[Si]4(c1ccccc1)c1ccccc1. The predicted octanol–water partition coefficient (Wildman–Crippen LogP) is 14.8. The van der Waals surface area contributed by atoms with Crippen LogP contribution in [-0.2, 0) is 10.8 Å². The van der Waals surface area contributed by atoms with E-state index >= 15 is 0 Å². The molecule has 4 heterocycles. The topological polar surface area (TPSA) is 8.17 Å². The third kappa shape index (κ3) is 7.25. The molecule has 5 heteroatoms. The Labute approximate surface area is 470 Å². The Morgan fingerprint density at radius 2 is 1.00 bits per heavy atom. The third-order valence-electron chi connectivity index (χ3n) is 17.4. The Hall–Kier alpha value is -8.35. The highest BCUT2D eigenvalue weighted by Crippen LogP contribution is 2.50. The van der Waals surface area contributed by atoms with Crippen molar-refractivity contribution in [1.82, 2.24) is 4.57 Å². The molecule has 0 bridgehead atoms. The summed E-state index contributed by atoms with van der Waals surface area (Å²) in [7, 11) is -2.89. The number of benzene rings is 11. The molecule has 0 fully saturated rings. The van der Waals surface area contributed by atoms with Crippen LogP contribution in [0.5, 0.6) is 0 Å². The zero-order valence-corrected chi connectivity index (χ0v) is 47.4. The second-order valence-corrected chi connectivity index (χ2v) is 28.8. The van der Waals surface area contributed by atoms with Gasteiger partial charge in [0, 0.05) is 43.2 Å². The van der Waals surface area contributed by atoms with Crippen LogP contribution in [0.4, 0.5) is 17.1 Å². The molecule has 12 aromatic rings. The molecule has 0 atom stereocenters. The zero-order chi connectivity index (χ0) is 53.4.